The van der Waals surface area contributed by atoms with Gasteiger partial charge in [0.05, 0.1) is 13.2 Å². The van der Waals surface area contributed by atoms with Crippen LogP contribution in [0.25, 0.3) is 0 Å². The third-order valence-corrected chi connectivity index (χ3v) is 3.72. The quantitative estimate of drug-likeness (QED) is 0.751. The highest BCUT2D eigenvalue weighted by Gasteiger charge is 2.31. The summed E-state index contributed by atoms with van der Waals surface area (Å²) in [4.78, 5) is 13.8. The molecule has 0 aromatic heterocycles. The Labute approximate surface area is 103 Å². The summed E-state index contributed by atoms with van der Waals surface area (Å²) in [7, 11) is 0. The molecule has 2 heterocycles. The van der Waals surface area contributed by atoms with Crippen molar-refractivity contribution in [3.63, 3.8) is 0 Å². The molecular formula is C13H23NO3. The predicted molar refractivity (Wildman–Crippen MR) is 64.5 cm³/mol. The van der Waals surface area contributed by atoms with E-state index >= 15 is 0 Å². The molecule has 0 radical (unpaired) electrons. The second-order valence-corrected chi connectivity index (χ2v) is 5.36. The van der Waals surface area contributed by atoms with Gasteiger partial charge in [-0.15, -0.1) is 0 Å². The molecule has 98 valence electrons. The Morgan fingerprint density at radius 3 is 2.65 bits per heavy atom. The molecule has 0 saturated carbocycles. The number of ether oxygens (including phenoxy) is 2. The van der Waals surface area contributed by atoms with Gasteiger partial charge in [-0.1, -0.05) is 13.8 Å². The van der Waals surface area contributed by atoms with Crippen LogP contribution < -0.4 is 0 Å². The van der Waals surface area contributed by atoms with Gasteiger partial charge in [-0.05, 0) is 18.3 Å². The lowest BCUT2D eigenvalue weighted by atomic mass is 9.95. The van der Waals surface area contributed by atoms with Gasteiger partial charge in [0.2, 0.25) is 5.91 Å². The van der Waals surface area contributed by atoms with Gasteiger partial charge in [-0.3, -0.25) is 4.79 Å². The maximum absolute atomic E-state index is 11.8. The fraction of sp³-hybridized carbons (Fsp3) is 0.923. The maximum Gasteiger partial charge on any atom is 0.222 e. The van der Waals surface area contributed by atoms with E-state index in [4.69, 9.17) is 9.47 Å². The van der Waals surface area contributed by atoms with Crippen molar-refractivity contribution in [1.82, 2.24) is 4.90 Å². The third-order valence-electron chi connectivity index (χ3n) is 3.72. The first-order valence-electron chi connectivity index (χ1n) is 6.68. The van der Waals surface area contributed by atoms with Gasteiger partial charge in [0.1, 0.15) is 0 Å². The van der Waals surface area contributed by atoms with Gasteiger partial charge >= 0.3 is 0 Å². The maximum atomic E-state index is 11.8. The van der Waals surface area contributed by atoms with E-state index in [2.05, 4.69) is 13.8 Å². The lowest BCUT2D eigenvalue weighted by Gasteiger charge is -2.25. The second-order valence-electron chi connectivity index (χ2n) is 5.36. The topological polar surface area (TPSA) is 38.8 Å². The molecule has 2 fully saturated rings. The summed E-state index contributed by atoms with van der Waals surface area (Å²) < 4.78 is 11.0. The van der Waals surface area contributed by atoms with Crippen LogP contribution in [0.2, 0.25) is 0 Å². The van der Waals surface area contributed by atoms with E-state index in [1.165, 1.54) is 0 Å². The molecule has 0 spiro atoms. The summed E-state index contributed by atoms with van der Waals surface area (Å²) in [5, 5.41) is 0. The van der Waals surface area contributed by atoms with Gasteiger partial charge in [0.25, 0.3) is 0 Å². The minimum absolute atomic E-state index is 0.102. The van der Waals surface area contributed by atoms with Crippen molar-refractivity contribution in [3.8, 4) is 0 Å². The Kier molecular flexibility index (Phi) is 4.40. The molecule has 0 aromatic rings. The molecule has 0 aliphatic carbocycles. The summed E-state index contributed by atoms with van der Waals surface area (Å²) in [5.74, 6) is 1.40. The number of hydrogen-bond donors (Lipinski definition) is 0. The lowest BCUT2D eigenvalue weighted by molar-refractivity contribution is -0.182. The smallest absolute Gasteiger partial charge is 0.222 e. The summed E-state index contributed by atoms with van der Waals surface area (Å²) in [6, 6.07) is 0. The monoisotopic (exact) mass is 241 g/mol. The van der Waals surface area contributed by atoms with E-state index in [0.717, 1.165) is 39.1 Å². The van der Waals surface area contributed by atoms with Crippen LogP contribution in [0.1, 0.15) is 33.1 Å². The van der Waals surface area contributed by atoms with Crippen LogP contribution >= 0.6 is 0 Å². The summed E-state index contributed by atoms with van der Waals surface area (Å²) >= 11 is 0. The molecule has 4 nitrogen and oxygen atoms in total. The molecule has 2 aliphatic heterocycles. The molecule has 17 heavy (non-hydrogen) atoms. The van der Waals surface area contributed by atoms with E-state index in [-0.39, 0.29) is 6.29 Å². The van der Waals surface area contributed by atoms with Gasteiger partial charge in [0.15, 0.2) is 6.29 Å². The van der Waals surface area contributed by atoms with Crippen LogP contribution in [-0.4, -0.2) is 43.4 Å². The summed E-state index contributed by atoms with van der Waals surface area (Å²) in [6.07, 6.45) is 2.39. The largest absolute Gasteiger partial charge is 0.353 e. The van der Waals surface area contributed by atoms with Gasteiger partial charge in [-0.2, -0.15) is 0 Å². The standard InChI is InChI=1S/C13H23NO3/c1-10(2)11-8-12(15)14(9-11)5-4-13-16-6-3-7-17-13/h10-11,13H,3-9H2,1-2H3. The first-order chi connectivity index (χ1) is 8.16. The summed E-state index contributed by atoms with van der Waals surface area (Å²) in [6.45, 7) is 7.63. The minimum atomic E-state index is -0.102. The SMILES string of the molecule is CC(C)C1CC(=O)N(CCC2OCCCO2)C1. The molecular weight excluding hydrogens is 218 g/mol. The zero-order chi connectivity index (χ0) is 12.3. The zero-order valence-corrected chi connectivity index (χ0v) is 10.9. The molecule has 0 N–H and O–H groups in total. The van der Waals surface area contributed by atoms with E-state index in [1.807, 2.05) is 4.90 Å². The van der Waals surface area contributed by atoms with Crippen LogP contribution in [-0.2, 0) is 14.3 Å². The highest BCUT2D eigenvalue weighted by atomic mass is 16.7. The highest BCUT2D eigenvalue weighted by Crippen LogP contribution is 2.25. The Balaban J connectivity index is 1.73. The van der Waals surface area contributed by atoms with Gasteiger partial charge < -0.3 is 14.4 Å². The fourth-order valence-electron chi connectivity index (χ4n) is 2.43. The van der Waals surface area contributed by atoms with Crippen LogP contribution in [0.5, 0.6) is 0 Å². The number of rotatable bonds is 4. The molecule has 1 atom stereocenters. The van der Waals surface area contributed by atoms with Crippen molar-refractivity contribution in [3.05, 3.63) is 0 Å². The van der Waals surface area contributed by atoms with E-state index in [1.54, 1.807) is 0 Å². The van der Waals surface area contributed by atoms with Crippen molar-refractivity contribution < 1.29 is 14.3 Å². The molecule has 1 unspecified atom stereocenters. The van der Waals surface area contributed by atoms with Crippen molar-refractivity contribution in [1.29, 1.82) is 0 Å². The zero-order valence-electron chi connectivity index (χ0n) is 10.9. The van der Waals surface area contributed by atoms with Crippen LogP contribution in [0.4, 0.5) is 0 Å². The number of nitrogens with zero attached hydrogens (tertiary/aromatic N) is 1. The molecule has 0 bridgehead atoms. The number of carbonyl (C=O) groups is 1. The Morgan fingerprint density at radius 2 is 2.06 bits per heavy atom. The Morgan fingerprint density at radius 1 is 1.35 bits per heavy atom. The van der Waals surface area contributed by atoms with Crippen molar-refractivity contribution >= 4 is 5.91 Å². The highest BCUT2D eigenvalue weighted by molar-refractivity contribution is 5.78. The average Bonchev–Trinajstić information content (AvgIpc) is 2.70. The minimum Gasteiger partial charge on any atom is -0.353 e. The number of carbonyl (C=O) groups excluding carboxylic acids is 1. The molecule has 1 amide bonds. The average molecular weight is 241 g/mol. The first-order valence-corrected chi connectivity index (χ1v) is 6.68. The Hall–Kier alpha value is -0.610. The van der Waals surface area contributed by atoms with E-state index < -0.39 is 0 Å². The molecule has 4 heteroatoms. The van der Waals surface area contributed by atoms with Crippen LogP contribution in [0.3, 0.4) is 0 Å². The van der Waals surface area contributed by atoms with Crippen molar-refractivity contribution in [2.24, 2.45) is 11.8 Å². The summed E-state index contributed by atoms with van der Waals surface area (Å²) in [5.41, 5.74) is 0. The molecule has 2 rings (SSSR count). The number of likely N-dealkylation sites (tertiary alicyclic amines) is 1. The van der Waals surface area contributed by atoms with Gasteiger partial charge in [0, 0.05) is 25.9 Å². The van der Waals surface area contributed by atoms with Gasteiger partial charge in [-0.25, -0.2) is 0 Å². The number of amides is 1. The van der Waals surface area contributed by atoms with Crippen LogP contribution in [0, 0.1) is 11.8 Å². The van der Waals surface area contributed by atoms with E-state index in [0.29, 0.717) is 24.2 Å². The van der Waals surface area contributed by atoms with E-state index in [9.17, 15) is 4.79 Å². The third kappa shape index (κ3) is 3.42. The Bertz CT molecular complexity index is 261. The number of hydrogen-bond acceptors (Lipinski definition) is 3. The predicted octanol–water partition coefficient (Wildman–Crippen LogP) is 1.64. The fourth-order valence-corrected chi connectivity index (χ4v) is 2.43. The molecule has 0 aromatic carbocycles. The van der Waals surface area contributed by atoms with Crippen LogP contribution in [0.15, 0.2) is 0 Å². The molecule has 2 aliphatic rings. The molecule has 2 saturated heterocycles. The van der Waals surface area contributed by atoms with Crippen molar-refractivity contribution in [2.45, 2.75) is 39.4 Å². The normalized spacial score (nSPS) is 27.1. The first kappa shape index (κ1) is 12.8. The second kappa shape index (κ2) is 5.83. The van der Waals surface area contributed by atoms with Crippen molar-refractivity contribution in [2.75, 3.05) is 26.3 Å². The lowest BCUT2D eigenvalue weighted by Crippen LogP contribution is -2.32.